The molecule has 19 heavy (non-hydrogen) atoms. The molecule has 0 saturated heterocycles. The van der Waals surface area contributed by atoms with E-state index in [1.807, 2.05) is 19.1 Å². The molecule has 2 aromatic rings. The largest absolute Gasteiger partial charge is 0.394 e. The van der Waals surface area contributed by atoms with Gasteiger partial charge in [0, 0.05) is 12.7 Å². The maximum Gasteiger partial charge on any atom is 0.152 e. The molecule has 0 bridgehead atoms. The Bertz CT molecular complexity index is 714. The number of nitrogens with two attached hydrogens (primary N) is 1. The molecule has 0 amide bonds. The molecule has 0 saturated carbocycles. The summed E-state index contributed by atoms with van der Waals surface area (Å²) in [5.41, 5.74) is 8.57. The van der Waals surface area contributed by atoms with E-state index in [4.69, 9.17) is 16.3 Å². The van der Waals surface area contributed by atoms with Gasteiger partial charge in [-0.25, -0.2) is 0 Å². The van der Waals surface area contributed by atoms with Gasteiger partial charge in [-0.05, 0) is 25.1 Å². The lowest BCUT2D eigenvalue weighted by Crippen LogP contribution is -2.01. The number of nitriles is 2. The Morgan fingerprint density at radius 2 is 1.95 bits per heavy atom. The van der Waals surface area contributed by atoms with Crippen molar-refractivity contribution in [3.8, 4) is 12.1 Å². The van der Waals surface area contributed by atoms with E-state index >= 15 is 0 Å². The maximum atomic E-state index is 8.98. The third-order valence-corrected chi connectivity index (χ3v) is 2.79. The van der Waals surface area contributed by atoms with Gasteiger partial charge in [-0.1, -0.05) is 0 Å². The summed E-state index contributed by atoms with van der Waals surface area (Å²) in [6.45, 7) is 1.82. The van der Waals surface area contributed by atoms with Crippen molar-refractivity contribution in [3.05, 3.63) is 35.0 Å². The van der Waals surface area contributed by atoms with Crippen LogP contribution in [0.4, 0.5) is 17.2 Å². The summed E-state index contributed by atoms with van der Waals surface area (Å²) >= 11 is 0. The van der Waals surface area contributed by atoms with Gasteiger partial charge in [0.25, 0.3) is 0 Å². The Morgan fingerprint density at radius 3 is 2.47 bits per heavy atom. The van der Waals surface area contributed by atoms with Crippen molar-refractivity contribution in [1.29, 1.82) is 10.5 Å². The number of nitrogen functional groups attached to an aromatic ring is 1. The van der Waals surface area contributed by atoms with Crippen LogP contribution >= 0.6 is 0 Å². The molecule has 1 heterocycles. The third-order valence-electron chi connectivity index (χ3n) is 2.79. The smallest absolute Gasteiger partial charge is 0.152 e. The van der Waals surface area contributed by atoms with Crippen LogP contribution in [0.15, 0.2) is 18.2 Å². The molecule has 0 aliphatic heterocycles. The molecule has 0 radical (unpaired) electrons. The second kappa shape index (κ2) is 4.71. The zero-order chi connectivity index (χ0) is 14.0. The molecule has 0 spiro atoms. The molecule has 0 fully saturated rings. The predicted octanol–water partition coefficient (Wildman–Crippen LogP) is 1.80. The van der Waals surface area contributed by atoms with Crippen LogP contribution in [0.3, 0.4) is 0 Å². The summed E-state index contributed by atoms with van der Waals surface area (Å²) in [5.74, 6) is 0.658. The molecule has 0 aliphatic rings. The average Bonchev–Trinajstić information content (AvgIpc) is 2.65. The van der Waals surface area contributed by atoms with Crippen molar-refractivity contribution >= 4 is 17.2 Å². The Morgan fingerprint density at radius 1 is 1.26 bits per heavy atom. The molecular weight excluding hydrogens is 240 g/mol. The van der Waals surface area contributed by atoms with E-state index in [-0.39, 0.29) is 0 Å². The van der Waals surface area contributed by atoms with Gasteiger partial charge in [-0.3, -0.25) is 4.68 Å². The molecule has 1 aromatic carbocycles. The van der Waals surface area contributed by atoms with Crippen LogP contribution in [-0.2, 0) is 7.05 Å². The first kappa shape index (κ1) is 12.5. The van der Waals surface area contributed by atoms with Gasteiger partial charge in [0.2, 0.25) is 0 Å². The van der Waals surface area contributed by atoms with Crippen LogP contribution in [0.1, 0.15) is 16.8 Å². The standard InChI is InChI=1S/C13H12N6/c1-8-12(16)13(19(2)18-8)17-11-4-3-9(6-14)10(5-11)7-15/h3-5,17H,16H2,1-2H3. The number of nitrogens with one attached hydrogen (secondary N) is 1. The highest BCUT2D eigenvalue weighted by molar-refractivity contribution is 5.72. The van der Waals surface area contributed by atoms with Gasteiger partial charge in [0.05, 0.1) is 22.5 Å². The van der Waals surface area contributed by atoms with E-state index in [0.717, 1.165) is 5.69 Å². The molecule has 0 atom stereocenters. The van der Waals surface area contributed by atoms with Crippen LogP contribution in [0.5, 0.6) is 0 Å². The van der Waals surface area contributed by atoms with Gasteiger partial charge < -0.3 is 11.1 Å². The van der Waals surface area contributed by atoms with E-state index in [1.165, 1.54) is 0 Å². The highest BCUT2D eigenvalue weighted by Crippen LogP contribution is 2.26. The number of anilines is 3. The van der Waals surface area contributed by atoms with Crippen LogP contribution in [-0.4, -0.2) is 9.78 Å². The minimum absolute atomic E-state index is 0.324. The molecule has 0 aliphatic carbocycles. The number of aromatic nitrogens is 2. The minimum atomic E-state index is 0.324. The van der Waals surface area contributed by atoms with Crippen LogP contribution in [0.25, 0.3) is 0 Å². The van der Waals surface area contributed by atoms with E-state index in [9.17, 15) is 0 Å². The number of hydrogen-bond acceptors (Lipinski definition) is 5. The van der Waals surface area contributed by atoms with Crippen LogP contribution in [0, 0.1) is 29.6 Å². The average molecular weight is 252 g/mol. The molecule has 6 nitrogen and oxygen atoms in total. The highest BCUT2D eigenvalue weighted by atomic mass is 15.3. The first-order valence-corrected chi connectivity index (χ1v) is 5.57. The topological polar surface area (TPSA) is 103 Å². The SMILES string of the molecule is Cc1nn(C)c(Nc2ccc(C#N)c(C#N)c2)c1N. The van der Waals surface area contributed by atoms with E-state index in [0.29, 0.717) is 28.3 Å². The lowest BCUT2D eigenvalue weighted by molar-refractivity contribution is 0.765. The van der Waals surface area contributed by atoms with Gasteiger partial charge in [-0.2, -0.15) is 15.6 Å². The lowest BCUT2D eigenvalue weighted by atomic mass is 10.1. The van der Waals surface area contributed by atoms with Crippen molar-refractivity contribution < 1.29 is 0 Å². The van der Waals surface area contributed by atoms with Crippen molar-refractivity contribution in [1.82, 2.24) is 9.78 Å². The first-order valence-electron chi connectivity index (χ1n) is 5.57. The zero-order valence-corrected chi connectivity index (χ0v) is 10.6. The van der Waals surface area contributed by atoms with E-state index in [2.05, 4.69) is 10.4 Å². The fourth-order valence-electron chi connectivity index (χ4n) is 1.77. The fraction of sp³-hybridized carbons (Fsp3) is 0.154. The maximum absolute atomic E-state index is 8.98. The molecule has 6 heteroatoms. The first-order chi connectivity index (χ1) is 9.06. The fourth-order valence-corrected chi connectivity index (χ4v) is 1.77. The van der Waals surface area contributed by atoms with E-state index in [1.54, 1.807) is 29.9 Å². The molecule has 2 rings (SSSR count). The molecular formula is C13H12N6. The molecule has 94 valence electrons. The highest BCUT2D eigenvalue weighted by Gasteiger charge is 2.11. The van der Waals surface area contributed by atoms with Crippen molar-refractivity contribution in [2.45, 2.75) is 6.92 Å². The zero-order valence-electron chi connectivity index (χ0n) is 10.6. The second-order valence-corrected chi connectivity index (χ2v) is 4.08. The number of hydrogen-bond donors (Lipinski definition) is 2. The number of benzene rings is 1. The van der Waals surface area contributed by atoms with Crippen molar-refractivity contribution in [3.63, 3.8) is 0 Å². The number of nitrogens with zero attached hydrogens (tertiary/aromatic N) is 4. The predicted molar refractivity (Wildman–Crippen MR) is 71.5 cm³/mol. The quantitative estimate of drug-likeness (QED) is 0.848. The van der Waals surface area contributed by atoms with Gasteiger partial charge >= 0.3 is 0 Å². The summed E-state index contributed by atoms with van der Waals surface area (Å²) in [5, 5.41) is 25.1. The van der Waals surface area contributed by atoms with Crippen molar-refractivity contribution in [2.75, 3.05) is 11.1 Å². The summed E-state index contributed by atoms with van der Waals surface area (Å²) < 4.78 is 1.63. The Kier molecular flexibility index (Phi) is 3.09. The Hall–Kier alpha value is -2.99. The monoisotopic (exact) mass is 252 g/mol. The molecule has 3 N–H and O–H groups in total. The third kappa shape index (κ3) is 2.20. The van der Waals surface area contributed by atoms with Gasteiger partial charge in [0.1, 0.15) is 12.1 Å². The van der Waals surface area contributed by atoms with E-state index < -0.39 is 0 Å². The number of rotatable bonds is 2. The van der Waals surface area contributed by atoms with Gasteiger partial charge in [-0.15, -0.1) is 0 Å². The normalized spacial score (nSPS) is 9.68. The summed E-state index contributed by atoms with van der Waals surface area (Å²) in [6.07, 6.45) is 0. The number of aryl methyl sites for hydroxylation is 2. The summed E-state index contributed by atoms with van der Waals surface area (Å²) in [4.78, 5) is 0. The van der Waals surface area contributed by atoms with Gasteiger partial charge in [0.15, 0.2) is 5.82 Å². The molecule has 1 aromatic heterocycles. The molecule has 0 unspecified atom stereocenters. The Labute approximate surface area is 110 Å². The van der Waals surface area contributed by atoms with Crippen LogP contribution < -0.4 is 11.1 Å². The van der Waals surface area contributed by atoms with Crippen molar-refractivity contribution in [2.24, 2.45) is 7.05 Å². The lowest BCUT2D eigenvalue weighted by Gasteiger charge is -2.08. The Balaban J connectivity index is 2.40. The minimum Gasteiger partial charge on any atom is -0.394 e. The van der Waals surface area contributed by atoms with Crippen LogP contribution in [0.2, 0.25) is 0 Å². The summed E-state index contributed by atoms with van der Waals surface area (Å²) in [6, 6.07) is 8.90. The summed E-state index contributed by atoms with van der Waals surface area (Å²) in [7, 11) is 1.78. The second-order valence-electron chi connectivity index (χ2n) is 4.08.